The predicted molar refractivity (Wildman–Crippen MR) is 106 cm³/mol. The van der Waals surface area contributed by atoms with E-state index in [9.17, 15) is 9.90 Å². The summed E-state index contributed by atoms with van der Waals surface area (Å²) in [5.41, 5.74) is 1.98. The van der Waals surface area contributed by atoms with E-state index in [2.05, 4.69) is 51.6 Å². The molecule has 0 heterocycles. The van der Waals surface area contributed by atoms with Gasteiger partial charge in [0.05, 0.1) is 4.47 Å². The summed E-state index contributed by atoms with van der Waals surface area (Å²) < 4.78 is 0.538. The normalized spacial score (nSPS) is 10.6. The van der Waals surface area contributed by atoms with Crippen molar-refractivity contribution >= 4 is 21.8 Å². The molecule has 0 saturated heterocycles. The molecular formula is C21H26BrNO2. The molecule has 0 spiro atoms. The molecule has 2 rings (SSSR count). The van der Waals surface area contributed by atoms with Gasteiger partial charge < -0.3 is 10.4 Å². The van der Waals surface area contributed by atoms with Crippen molar-refractivity contribution in [2.75, 3.05) is 6.54 Å². The average molecular weight is 404 g/mol. The summed E-state index contributed by atoms with van der Waals surface area (Å²) in [5.74, 6) is 0.0485. The fourth-order valence-electron chi connectivity index (χ4n) is 2.76. The monoisotopic (exact) mass is 403 g/mol. The summed E-state index contributed by atoms with van der Waals surface area (Å²) in [6, 6.07) is 15.4. The topological polar surface area (TPSA) is 49.3 Å². The van der Waals surface area contributed by atoms with Crippen LogP contribution >= 0.6 is 15.9 Å². The van der Waals surface area contributed by atoms with Gasteiger partial charge in [-0.2, -0.15) is 0 Å². The Kier molecular flexibility index (Phi) is 8.53. The Morgan fingerprint density at radius 1 is 0.920 bits per heavy atom. The van der Waals surface area contributed by atoms with Gasteiger partial charge in [0.25, 0.3) is 5.91 Å². The van der Waals surface area contributed by atoms with Gasteiger partial charge in [-0.05, 0) is 59.0 Å². The van der Waals surface area contributed by atoms with Crippen LogP contribution in [0.2, 0.25) is 0 Å². The Bertz CT molecular complexity index is 658. The number of phenolic OH excluding ortho intramolecular Hbond substituents is 1. The quantitative estimate of drug-likeness (QED) is 0.516. The number of nitrogens with one attached hydrogen (secondary N) is 1. The minimum absolute atomic E-state index is 0.0939. The Labute approximate surface area is 158 Å². The van der Waals surface area contributed by atoms with Gasteiger partial charge in [0.2, 0.25) is 0 Å². The Balaban J connectivity index is 1.49. The van der Waals surface area contributed by atoms with Gasteiger partial charge in [-0.1, -0.05) is 56.0 Å². The van der Waals surface area contributed by atoms with Gasteiger partial charge in [0, 0.05) is 12.1 Å². The van der Waals surface area contributed by atoms with Crippen LogP contribution in [0.3, 0.4) is 0 Å². The second-order valence-electron chi connectivity index (χ2n) is 6.28. The van der Waals surface area contributed by atoms with Crippen molar-refractivity contribution < 1.29 is 9.90 Å². The van der Waals surface area contributed by atoms with Crippen LogP contribution in [0.5, 0.6) is 5.75 Å². The van der Waals surface area contributed by atoms with E-state index in [1.54, 1.807) is 12.1 Å². The zero-order chi connectivity index (χ0) is 17.9. The van der Waals surface area contributed by atoms with Crippen molar-refractivity contribution in [3.05, 3.63) is 64.1 Å². The molecule has 0 aliphatic heterocycles. The van der Waals surface area contributed by atoms with Crippen LogP contribution in [-0.4, -0.2) is 17.6 Å². The third kappa shape index (κ3) is 7.30. The molecule has 2 N–H and O–H groups in total. The van der Waals surface area contributed by atoms with E-state index in [4.69, 9.17) is 0 Å². The highest BCUT2D eigenvalue weighted by Gasteiger charge is 2.07. The number of hydrogen-bond acceptors (Lipinski definition) is 2. The van der Waals surface area contributed by atoms with E-state index in [0.717, 1.165) is 12.8 Å². The molecular weight excluding hydrogens is 378 g/mol. The first-order valence-corrected chi connectivity index (χ1v) is 9.77. The lowest BCUT2D eigenvalue weighted by atomic mass is 10.0. The summed E-state index contributed by atoms with van der Waals surface area (Å²) in [7, 11) is 0. The van der Waals surface area contributed by atoms with Crippen LogP contribution in [0.25, 0.3) is 0 Å². The number of carbonyl (C=O) groups excluding carboxylic acids is 1. The molecule has 2 aromatic carbocycles. The van der Waals surface area contributed by atoms with Crippen LogP contribution < -0.4 is 5.32 Å². The van der Waals surface area contributed by atoms with E-state index < -0.39 is 0 Å². The lowest BCUT2D eigenvalue weighted by Crippen LogP contribution is -2.24. The Morgan fingerprint density at radius 2 is 1.60 bits per heavy atom. The van der Waals surface area contributed by atoms with E-state index >= 15 is 0 Å². The van der Waals surface area contributed by atoms with Crippen molar-refractivity contribution in [3.8, 4) is 5.75 Å². The number of hydrogen-bond donors (Lipinski definition) is 2. The van der Waals surface area contributed by atoms with Gasteiger partial charge in [0.1, 0.15) is 5.75 Å². The van der Waals surface area contributed by atoms with Gasteiger partial charge in [-0.25, -0.2) is 0 Å². The van der Waals surface area contributed by atoms with Gasteiger partial charge >= 0.3 is 0 Å². The maximum absolute atomic E-state index is 12.0. The number of unbranched alkanes of at least 4 members (excludes halogenated alkanes) is 5. The molecule has 1 amide bonds. The molecule has 0 aliphatic carbocycles. The van der Waals surface area contributed by atoms with E-state index in [0.29, 0.717) is 16.6 Å². The highest BCUT2D eigenvalue weighted by molar-refractivity contribution is 9.10. The Morgan fingerprint density at radius 3 is 2.32 bits per heavy atom. The fourth-order valence-corrected chi connectivity index (χ4v) is 3.14. The SMILES string of the molecule is O=C(NCCCCCCCCc1ccccc1)c1ccc(O)c(Br)c1. The second kappa shape index (κ2) is 10.9. The first kappa shape index (κ1) is 19.5. The first-order valence-electron chi connectivity index (χ1n) is 8.97. The molecule has 0 radical (unpaired) electrons. The molecule has 0 atom stereocenters. The number of phenols is 1. The largest absolute Gasteiger partial charge is 0.507 e. The smallest absolute Gasteiger partial charge is 0.251 e. The lowest BCUT2D eigenvalue weighted by molar-refractivity contribution is 0.0953. The Hall–Kier alpha value is -1.81. The minimum Gasteiger partial charge on any atom is -0.507 e. The van der Waals surface area contributed by atoms with E-state index in [-0.39, 0.29) is 11.7 Å². The zero-order valence-corrected chi connectivity index (χ0v) is 16.1. The van der Waals surface area contributed by atoms with Crippen molar-refractivity contribution in [1.29, 1.82) is 0 Å². The van der Waals surface area contributed by atoms with E-state index in [1.807, 2.05) is 0 Å². The first-order chi connectivity index (χ1) is 12.2. The van der Waals surface area contributed by atoms with Crippen molar-refractivity contribution in [3.63, 3.8) is 0 Å². The third-order valence-corrected chi connectivity index (χ3v) is 4.87. The number of carbonyl (C=O) groups is 1. The minimum atomic E-state index is -0.0939. The number of amides is 1. The van der Waals surface area contributed by atoms with Gasteiger partial charge in [-0.15, -0.1) is 0 Å². The molecule has 3 nitrogen and oxygen atoms in total. The summed E-state index contributed by atoms with van der Waals surface area (Å²) in [4.78, 5) is 12.0. The van der Waals surface area contributed by atoms with Crippen LogP contribution in [0.15, 0.2) is 53.0 Å². The maximum atomic E-state index is 12.0. The lowest BCUT2D eigenvalue weighted by Gasteiger charge is -2.06. The van der Waals surface area contributed by atoms with Crippen LogP contribution in [-0.2, 0) is 6.42 Å². The molecule has 0 aromatic heterocycles. The van der Waals surface area contributed by atoms with E-state index in [1.165, 1.54) is 43.7 Å². The van der Waals surface area contributed by atoms with Crippen LogP contribution in [0.4, 0.5) is 0 Å². The second-order valence-corrected chi connectivity index (χ2v) is 7.13. The molecule has 0 fully saturated rings. The molecule has 0 bridgehead atoms. The molecule has 134 valence electrons. The summed E-state index contributed by atoms with van der Waals surface area (Å²) in [5, 5.41) is 12.4. The molecule has 25 heavy (non-hydrogen) atoms. The zero-order valence-electron chi connectivity index (χ0n) is 14.5. The molecule has 4 heteroatoms. The maximum Gasteiger partial charge on any atom is 0.251 e. The van der Waals surface area contributed by atoms with Crippen molar-refractivity contribution in [2.45, 2.75) is 44.9 Å². The van der Waals surface area contributed by atoms with Crippen LogP contribution in [0, 0.1) is 0 Å². The molecule has 0 unspecified atom stereocenters. The van der Waals surface area contributed by atoms with Crippen LogP contribution in [0.1, 0.15) is 54.4 Å². The van der Waals surface area contributed by atoms with Crippen molar-refractivity contribution in [2.24, 2.45) is 0 Å². The van der Waals surface area contributed by atoms with Crippen molar-refractivity contribution in [1.82, 2.24) is 5.32 Å². The van der Waals surface area contributed by atoms with Gasteiger partial charge in [0.15, 0.2) is 0 Å². The number of rotatable bonds is 10. The molecule has 0 saturated carbocycles. The predicted octanol–water partition coefficient (Wildman–Crippen LogP) is 5.47. The number of aryl methyl sites for hydroxylation is 1. The standard InChI is InChI=1S/C21H26BrNO2/c22-19-16-18(13-14-20(19)24)21(25)23-15-9-4-2-1-3-6-10-17-11-7-5-8-12-17/h5,7-8,11-14,16,24H,1-4,6,9-10,15H2,(H,23,25). The summed E-state index contributed by atoms with van der Waals surface area (Å²) >= 11 is 3.22. The summed E-state index contributed by atoms with van der Waals surface area (Å²) in [6.45, 7) is 0.696. The fraction of sp³-hybridized carbons (Fsp3) is 0.381. The number of aromatic hydroxyl groups is 1. The highest BCUT2D eigenvalue weighted by atomic mass is 79.9. The summed E-state index contributed by atoms with van der Waals surface area (Å²) in [6.07, 6.45) is 8.30. The van der Waals surface area contributed by atoms with Gasteiger partial charge in [-0.3, -0.25) is 4.79 Å². The highest BCUT2D eigenvalue weighted by Crippen LogP contribution is 2.24. The molecule has 0 aliphatic rings. The number of benzene rings is 2. The third-order valence-electron chi connectivity index (χ3n) is 4.23. The average Bonchev–Trinajstić information content (AvgIpc) is 2.63. The molecule has 2 aromatic rings. The number of halogens is 1.